The normalized spacial score (nSPS) is 12.9. The highest BCUT2D eigenvalue weighted by molar-refractivity contribution is 7.23. The number of benzene rings is 2. The van der Waals surface area contributed by atoms with Crippen LogP contribution in [0.5, 0.6) is 5.75 Å². The molecule has 0 unspecified atom stereocenters. The van der Waals surface area contributed by atoms with Crippen molar-refractivity contribution in [3.05, 3.63) is 76.4 Å². The highest BCUT2D eigenvalue weighted by atomic mass is 32.1. The van der Waals surface area contributed by atoms with Gasteiger partial charge >= 0.3 is 0 Å². The van der Waals surface area contributed by atoms with E-state index < -0.39 is 5.91 Å². The molecule has 0 spiro atoms. The van der Waals surface area contributed by atoms with Crippen molar-refractivity contribution in [2.75, 3.05) is 7.11 Å². The number of hydroxylamine groups is 1. The largest absolute Gasteiger partial charge is 0.497 e. The molecule has 0 bridgehead atoms. The third kappa shape index (κ3) is 5.09. The lowest BCUT2D eigenvalue weighted by molar-refractivity contribution is 0.0706. The first-order valence-electron chi connectivity index (χ1n) is 11.0. The standard InChI is InChI=1S/C25H22N4O4S2/c1-33-18-10-8-15(9-11-18)19-13-27-24(34-19)25-28-20(21(35-25)16-6-7-16)23(31)26-12-14-2-4-17(5-3-14)22(30)29-32/h2-5,8-11,13,16,32H,6-7,12H2,1H3,(H,26,31)(H,29,30). The number of aromatic nitrogens is 2. The third-order valence-corrected chi connectivity index (χ3v) is 8.06. The summed E-state index contributed by atoms with van der Waals surface area (Å²) in [6, 6.07) is 14.5. The Morgan fingerprint density at radius 1 is 1.03 bits per heavy atom. The van der Waals surface area contributed by atoms with E-state index in [4.69, 9.17) is 14.9 Å². The minimum absolute atomic E-state index is 0.224. The van der Waals surface area contributed by atoms with E-state index in [1.54, 1.807) is 59.5 Å². The van der Waals surface area contributed by atoms with E-state index in [1.807, 2.05) is 30.5 Å². The number of nitrogens with one attached hydrogen (secondary N) is 2. The number of rotatable bonds is 8. The molecule has 10 heteroatoms. The van der Waals surface area contributed by atoms with Crippen LogP contribution in [0.4, 0.5) is 0 Å². The molecule has 0 radical (unpaired) electrons. The van der Waals surface area contributed by atoms with Crippen LogP contribution in [-0.4, -0.2) is 34.1 Å². The molecule has 1 saturated carbocycles. The molecule has 0 aliphatic heterocycles. The molecule has 8 nitrogen and oxygen atoms in total. The van der Waals surface area contributed by atoms with Gasteiger partial charge in [0.15, 0.2) is 10.0 Å². The Hall–Kier alpha value is -3.60. The van der Waals surface area contributed by atoms with Crippen LogP contribution >= 0.6 is 22.7 Å². The summed E-state index contributed by atoms with van der Waals surface area (Å²) in [5.74, 6) is 0.370. The van der Waals surface area contributed by atoms with Gasteiger partial charge in [-0.05, 0) is 66.3 Å². The molecule has 2 amide bonds. The van der Waals surface area contributed by atoms with Crippen molar-refractivity contribution in [2.45, 2.75) is 25.3 Å². The van der Waals surface area contributed by atoms with Gasteiger partial charge < -0.3 is 10.1 Å². The Labute approximate surface area is 209 Å². The summed E-state index contributed by atoms with van der Waals surface area (Å²) in [5.41, 5.74) is 4.28. The second kappa shape index (κ2) is 9.95. The van der Waals surface area contributed by atoms with Crippen LogP contribution in [0.3, 0.4) is 0 Å². The van der Waals surface area contributed by atoms with E-state index >= 15 is 0 Å². The first kappa shape index (κ1) is 23.2. The summed E-state index contributed by atoms with van der Waals surface area (Å²) in [6.45, 7) is 0.301. The van der Waals surface area contributed by atoms with Gasteiger partial charge in [-0.1, -0.05) is 12.1 Å². The summed E-state index contributed by atoms with van der Waals surface area (Å²) in [6.07, 6.45) is 3.96. The molecule has 0 atom stereocenters. The summed E-state index contributed by atoms with van der Waals surface area (Å²) in [7, 11) is 1.64. The Balaban J connectivity index is 1.32. The Morgan fingerprint density at radius 2 is 1.77 bits per heavy atom. The van der Waals surface area contributed by atoms with Crippen molar-refractivity contribution in [3.63, 3.8) is 0 Å². The van der Waals surface area contributed by atoms with Crippen molar-refractivity contribution in [1.29, 1.82) is 0 Å². The number of carbonyl (C=O) groups excluding carboxylic acids is 2. The monoisotopic (exact) mass is 506 g/mol. The van der Waals surface area contributed by atoms with Crippen molar-refractivity contribution in [2.24, 2.45) is 0 Å². The zero-order chi connectivity index (χ0) is 24.4. The van der Waals surface area contributed by atoms with Crippen LogP contribution in [0.2, 0.25) is 0 Å². The second-order valence-corrected chi connectivity index (χ2v) is 10.1. The molecule has 0 saturated heterocycles. The molecular weight excluding hydrogens is 484 g/mol. The highest BCUT2D eigenvalue weighted by Crippen LogP contribution is 2.47. The van der Waals surface area contributed by atoms with Crippen molar-refractivity contribution < 1.29 is 19.5 Å². The van der Waals surface area contributed by atoms with Gasteiger partial charge in [-0.25, -0.2) is 15.4 Å². The third-order valence-electron chi connectivity index (χ3n) is 5.65. The molecule has 2 aromatic heterocycles. The number of ether oxygens (including phenoxy) is 1. The number of hydrogen-bond acceptors (Lipinski definition) is 8. The summed E-state index contributed by atoms with van der Waals surface area (Å²) in [5, 5.41) is 13.2. The zero-order valence-electron chi connectivity index (χ0n) is 18.8. The topological polar surface area (TPSA) is 113 Å². The molecule has 1 aliphatic rings. The lowest BCUT2D eigenvalue weighted by Crippen LogP contribution is -2.24. The van der Waals surface area contributed by atoms with E-state index in [9.17, 15) is 9.59 Å². The molecule has 3 N–H and O–H groups in total. The van der Waals surface area contributed by atoms with Crippen molar-refractivity contribution in [3.8, 4) is 26.2 Å². The van der Waals surface area contributed by atoms with Crippen LogP contribution in [0.1, 0.15) is 50.0 Å². The fraction of sp³-hybridized carbons (Fsp3) is 0.200. The molecule has 35 heavy (non-hydrogen) atoms. The summed E-state index contributed by atoms with van der Waals surface area (Å²) < 4.78 is 5.23. The smallest absolute Gasteiger partial charge is 0.274 e. The van der Waals surface area contributed by atoms with Gasteiger partial charge in [-0.3, -0.25) is 14.8 Å². The Bertz CT molecular complexity index is 1360. The number of methoxy groups -OCH3 is 1. The SMILES string of the molecule is COc1ccc(-c2cnc(-c3nc(C(=O)NCc4ccc(C(=O)NO)cc4)c(C4CC4)s3)s2)cc1. The summed E-state index contributed by atoms with van der Waals surface area (Å²) in [4.78, 5) is 35.8. The van der Waals surface area contributed by atoms with E-state index in [0.29, 0.717) is 23.7 Å². The first-order chi connectivity index (χ1) is 17.1. The van der Waals surface area contributed by atoms with Crippen molar-refractivity contribution in [1.82, 2.24) is 20.8 Å². The lowest BCUT2D eigenvalue weighted by atomic mass is 10.1. The molecule has 5 rings (SSSR count). The quantitative estimate of drug-likeness (QED) is 0.232. The van der Waals surface area contributed by atoms with Crippen LogP contribution < -0.4 is 15.5 Å². The van der Waals surface area contributed by atoms with E-state index in [1.165, 1.54) is 0 Å². The number of carbonyl (C=O) groups is 2. The molecule has 178 valence electrons. The van der Waals surface area contributed by atoms with Gasteiger partial charge in [-0.15, -0.1) is 22.7 Å². The van der Waals surface area contributed by atoms with Gasteiger partial charge in [-0.2, -0.15) is 0 Å². The van der Waals surface area contributed by atoms with E-state index in [0.717, 1.165) is 49.5 Å². The number of amides is 2. The lowest BCUT2D eigenvalue weighted by Gasteiger charge is -2.06. The predicted octanol–water partition coefficient (Wildman–Crippen LogP) is 4.87. The van der Waals surface area contributed by atoms with Crippen molar-refractivity contribution >= 4 is 34.5 Å². The van der Waals surface area contributed by atoms with E-state index in [-0.39, 0.29) is 5.91 Å². The number of nitrogens with zero attached hydrogens (tertiary/aromatic N) is 2. The Morgan fingerprint density at radius 3 is 2.43 bits per heavy atom. The minimum atomic E-state index is -0.581. The highest BCUT2D eigenvalue weighted by Gasteiger charge is 2.32. The molecule has 1 fully saturated rings. The second-order valence-electron chi connectivity index (χ2n) is 8.08. The average Bonchev–Trinajstić information content (AvgIpc) is 3.45. The maximum Gasteiger partial charge on any atom is 0.274 e. The summed E-state index contributed by atoms with van der Waals surface area (Å²) >= 11 is 3.09. The maximum absolute atomic E-state index is 13.0. The number of thiazole rings is 2. The van der Waals surface area contributed by atoms with Gasteiger partial charge in [0.25, 0.3) is 11.8 Å². The van der Waals surface area contributed by atoms with Gasteiger partial charge in [0.2, 0.25) is 0 Å². The van der Waals surface area contributed by atoms with Gasteiger partial charge in [0.1, 0.15) is 11.4 Å². The Kier molecular flexibility index (Phi) is 6.58. The molecule has 4 aromatic rings. The van der Waals surface area contributed by atoms with Crippen LogP contribution in [0.25, 0.3) is 20.5 Å². The minimum Gasteiger partial charge on any atom is -0.497 e. The van der Waals surface area contributed by atoms with Crippen LogP contribution in [0.15, 0.2) is 54.7 Å². The molecule has 1 aliphatic carbocycles. The first-order valence-corrected chi connectivity index (χ1v) is 12.6. The van der Waals surface area contributed by atoms with Gasteiger partial charge in [0.05, 0.1) is 12.0 Å². The fourth-order valence-corrected chi connectivity index (χ4v) is 5.75. The average molecular weight is 507 g/mol. The molecule has 2 aromatic carbocycles. The van der Waals surface area contributed by atoms with Crippen LogP contribution in [-0.2, 0) is 6.54 Å². The van der Waals surface area contributed by atoms with E-state index in [2.05, 4.69) is 10.3 Å². The predicted molar refractivity (Wildman–Crippen MR) is 134 cm³/mol. The molecule has 2 heterocycles. The van der Waals surface area contributed by atoms with Crippen LogP contribution in [0, 0.1) is 0 Å². The fourth-order valence-electron chi connectivity index (χ4n) is 3.57. The molecular formula is C25H22N4O4S2. The zero-order valence-corrected chi connectivity index (χ0v) is 20.4. The number of hydrogen-bond donors (Lipinski definition) is 3. The maximum atomic E-state index is 13.0. The van der Waals surface area contributed by atoms with Gasteiger partial charge in [0, 0.05) is 23.2 Å².